The molecule has 3 rings (SSSR count). The molecule has 1 N–H and O–H groups in total. The van der Waals surface area contributed by atoms with Gasteiger partial charge in [0.05, 0.1) is 17.7 Å². The van der Waals surface area contributed by atoms with Crippen molar-refractivity contribution in [3.63, 3.8) is 0 Å². The fraction of sp³-hybridized carbons (Fsp3) is 0.355. The van der Waals surface area contributed by atoms with E-state index in [1.165, 1.54) is 48.4 Å². The number of halogens is 1. The Morgan fingerprint density at radius 2 is 1.59 bits per heavy atom. The number of anilines is 1. The lowest BCUT2D eigenvalue weighted by atomic mass is 10.1. The number of nitrogens with one attached hydrogen (secondary N) is 1. The molecule has 0 fully saturated rings. The van der Waals surface area contributed by atoms with Crippen LogP contribution in [0.2, 0.25) is 0 Å². The Balaban J connectivity index is 2.02. The van der Waals surface area contributed by atoms with Crippen LogP contribution < -0.4 is 14.4 Å². The van der Waals surface area contributed by atoms with Crippen LogP contribution in [0.15, 0.2) is 77.7 Å². The second-order valence-electron chi connectivity index (χ2n) is 9.74. The van der Waals surface area contributed by atoms with Gasteiger partial charge in [-0.1, -0.05) is 50.1 Å². The molecule has 2 amide bonds. The molecule has 3 aromatic rings. The van der Waals surface area contributed by atoms with Crippen LogP contribution in [0.5, 0.6) is 5.75 Å². The summed E-state index contributed by atoms with van der Waals surface area (Å²) in [4.78, 5) is 28.6. The normalized spacial score (nSPS) is 11.9. The lowest BCUT2D eigenvalue weighted by Gasteiger charge is -2.33. The molecule has 0 aliphatic rings. The lowest BCUT2D eigenvalue weighted by molar-refractivity contribution is -0.140. The molecule has 3 aromatic carbocycles. The van der Waals surface area contributed by atoms with Gasteiger partial charge in [-0.25, -0.2) is 12.8 Å². The third-order valence-electron chi connectivity index (χ3n) is 6.73. The van der Waals surface area contributed by atoms with Crippen molar-refractivity contribution in [2.45, 2.75) is 57.5 Å². The Morgan fingerprint density at radius 3 is 2.15 bits per heavy atom. The van der Waals surface area contributed by atoms with E-state index in [-0.39, 0.29) is 17.3 Å². The predicted octanol–water partition coefficient (Wildman–Crippen LogP) is 5.06. The van der Waals surface area contributed by atoms with E-state index in [0.29, 0.717) is 30.0 Å². The number of hydrogen-bond donors (Lipinski definition) is 1. The maximum absolute atomic E-state index is 14.0. The van der Waals surface area contributed by atoms with E-state index in [0.717, 1.165) is 22.7 Å². The minimum Gasteiger partial charge on any atom is -0.497 e. The molecule has 0 heterocycles. The highest BCUT2D eigenvalue weighted by molar-refractivity contribution is 7.92. The number of benzene rings is 3. The van der Waals surface area contributed by atoms with E-state index < -0.39 is 34.3 Å². The molecular weight excluding hydrogens is 545 g/mol. The van der Waals surface area contributed by atoms with Crippen LogP contribution in [0.1, 0.15) is 44.2 Å². The number of rotatable bonds is 14. The predicted molar refractivity (Wildman–Crippen MR) is 158 cm³/mol. The topological polar surface area (TPSA) is 96.0 Å². The fourth-order valence-corrected chi connectivity index (χ4v) is 5.74. The number of hydrogen-bond acceptors (Lipinski definition) is 5. The highest BCUT2D eigenvalue weighted by Crippen LogP contribution is 2.26. The minimum atomic E-state index is -4.19. The average Bonchev–Trinajstić information content (AvgIpc) is 2.97. The maximum Gasteiger partial charge on any atom is 0.264 e. The Bertz CT molecular complexity index is 1400. The number of unbranched alkanes of at least 4 members (excludes halogenated alkanes) is 1. The van der Waals surface area contributed by atoms with E-state index in [1.54, 1.807) is 43.3 Å². The first-order valence-electron chi connectivity index (χ1n) is 13.7. The largest absolute Gasteiger partial charge is 0.497 e. The first-order valence-corrected chi connectivity index (χ1v) is 15.1. The molecular formula is C31H38FN3O5S. The quantitative estimate of drug-likeness (QED) is 0.268. The number of methoxy groups -OCH3 is 1. The van der Waals surface area contributed by atoms with Crippen LogP contribution in [0.4, 0.5) is 10.1 Å². The molecule has 0 saturated heterocycles. The maximum atomic E-state index is 14.0. The summed E-state index contributed by atoms with van der Waals surface area (Å²) in [7, 11) is -2.70. The molecule has 0 aromatic heterocycles. The number of sulfonamides is 1. The SMILES string of the molecule is CCCCNC(=O)[C@H](CC)N(Cc1ccc(F)cc1)C(=O)CN(c1ccc(C)cc1)S(=O)(=O)c1ccc(OC)cc1. The third kappa shape index (κ3) is 8.29. The number of carbonyl (C=O) groups excluding carboxylic acids is 2. The van der Waals surface area contributed by atoms with Crippen molar-refractivity contribution in [1.82, 2.24) is 10.2 Å². The second kappa shape index (κ2) is 14.6. The summed E-state index contributed by atoms with van der Waals surface area (Å²) in [6, 6.07) is 17.5. The average molecular weight is 584 g/mol. The summed E-state index contributed by atoms with van der Waals surface area (Å²) in [5.74, 6) is -0.819. The van der Waals surface area contributed by atoms with Crippen LogP contribution >= 0.6 is 0 Å². The molecule has 0 radical (unpaired) electrons. The van der Waals surface area contributed by atoms with Crippen molar-refractivity contribution in [1.29, 1.82) is 0 Å². The van der Waals surface area contributed by atoms with E-state index >= 15 is 0 Å². The van der Waals surface area contributed by atoms with E-state index in [2.05, 4.69) is 5.32 Å². The molecule has 1 atom stereocenters. The summed E-state index contributed by atoms with van der Waals surface area (Å²) in [5.41, 5.74) is 1.84. The Labute approximate surface area is 242 Å². The van der Waals surface area contributed by atoms with Gasteiger partial charge >= 0.3 is 0 Å². The Hall–Kier alpha value is -3.92. The molecule has 0 bridgehead atoms. The van der Waals surface area contributed by atoms with E-state index in [4.69, 9.17) is 4.74 Å². The highest BCUT2D eigenvalue weighted by atomic mass is 32.2. The van der Waals surface area contributed by atoms with Gasteiger partial charge in [0.15, 0.2) is 0 Å². The van der Waals surface area contributed by atoms with E-state index in [1.807, 2.05) is 13.8 Å². The Morgan fingerprint density at radius 1 is 0.951 bits per heavy atom. The third-order valence-corrected chi connectivity index (χ3v) is 8.52. The zero-order chi connectivity index (χ0) is 30.0. The molecule has 41 heavy (non-hydrogen) atoms. The summed E-state index contributed by atoms with van der Waals surface area (Å²) < 4.78 is 47.7. The zero-order valence-corrected chi connectivity index (χ0v) is 24.8. The Kier molecular flexibility index (Phi) is 11.3. The first kappa shape index (κ1) is 31.6. The summed E-state index contributed by atoms with van der Waals surface area (Å²) in [5, 5.41) is 2.89. The molecule has 220 valence electrons. The molecule has 0 aliphatic carbocycles. The number of amides is 2. The monoisotopic (exact) mass is 583 g/mol. The minimum absolute atomic E-state index is 0.00311. The molecule has 0 spiro atoms. The number of aryl methyl sites for hydroxylation is 1. The van der Waals surface area contributed by atoms with Crippen LogP contribution in [0.25, 0.3) is 0 Å². The van der Waals surface area contributed by atoms with Crippen molar-refractivity contribution in [3.05, 3.63) is 89.7 Å². The highest BCUT2D eigenvalue weighted by Gasteiger charge is 2.33. The van der Waals surface area contributed by atoms with Crippen LogP contribution in [-0.2, 0) is 26.2 Å². The van der Waals surface area contributed by atoms with Gasteiger partial charge in [-0.3, -0.25) is 13.9 Å². The van der Waals surface area contributed by atoms with Crippen LogP contribution in [0.3, 0.4) is 0 Å². The van der Waals surface area contributed by atoms with Gasteiger partial charge in [-0.05, 0) is 73.9 Å². The van der Waals surface area contributed by atoms with Gasteiger partial charge < -0.3 is 15.0 Å². The molecule has 8 nitrogen and oxygen atoms in total. The van der Waals surface area contributed by atoms with Gasteiger partial charge in [0.25, 0.3) is 10.0 Å². The van der Waals surface area contributed by atoms with E-state index in [9.17, 15) is 22.4 Å². The van der Waals surface area contributed by atoms with Gasteiger partial charge in [-0.15, -0.1) is 0 Å². The number of nitrogens with zero attached hydrogens (tertiary/aromatic N) is 2. The van der Waals surface area contributed by atoms with Crippen molar-refractivity contribution in [2.24, 2.45) is 0 Å². The van der Waals surface area contributed by atoms with Gasteiger partial charge in [0, 0.05) is 13.1 Å². The summed E-state index contributed by atoms with van der Waals surface area (Å²) in [6.45, 7) is 5.61. The van der Waals surface area contributed by atoms with Gasteiger partial charge in [0.2, 0.25) is 11.8 Å². The summed E-state index contributed by atoms with van der Waals surface area (Å²) >= 11 is 0. The molecule has 10 heteroatoms. The number of carbonyl (C=O) groups is 2. The zero-order valence-electron chi connectivity index (χ0n) is 24.0. The van der Waals surface area contributed by atoms with Crippen LogP contribution in [-0.4, -0.2) is 51.4 Å². The fourth-order valence-electron chi connectivity index (χ4n) is 4.33. The first-order chi connectivity index (χ1) is 19.6. The second-order valence-corrected chi connectivity index (χ2v) is 11.6. The van der Waals surface area contributed by atoms with Crippen molar-refractivity contribution < 1.29 is 27.1 Å². The van der Waals surface area contributed by atoms with Crippen molar-refractivity contribution in [2.75, 3.05) is 24.5 Å². The van der Waals surface area contributed by atoms with Gasteiger partial charge in [-0.2, -0.15) is 0 Å². The van der Waals surface area contributed by atoms with Crippen molar-refractivity contribution >= 4 is 27.5 Å². The summed E-state index contributed by atoms with van der Waals surface area (Å²) in [6.07, 6.45) is 1.99. The molecule has 0 aliphatic heterocycles. The van der Waals surface area contributed by atoms with Crippen molar-refractivity contribution in [3.8, 4) is 5.75 Å². The van der Waals surface area contributed by atoms with Gasteiger partial charge in [0.1, 0.15) is 24.2 Å². The molecule has 0 saturated carbocycles. The molecule has 0 unspecified atom stereocenters. The van der Waals surface area contributed by atoms with Crippen LogP contribution in [0, 0.1) is 12.7 Å². The smallest absolute Gasteiger partial charge is 0.264 e. The number of ether oxygens (including phenoxy) is 1. The lowest BCUT2D eigenvalue weighted by Crippen LogP contribution is -2.52. The standard InChI is InChI=1S/C31H38FN3O5S/c1-5-7-20-33-31(37)29(6-2)34(21-24-10-12-25(32)13-11-24)30(36)22-35(26-14-8-23(3)9-15-26)41(38,39)28-18-16-27(40-4)17-19-28/h8-19,29H,5-7,20-22H2,1-4H3,(H,33,37)/t29-/m0/s1.